The van der Waals surface area contributed by atoms with Crippen molar-refractivity contribution < 1.29 is 116 Å². The first-order valence-electron chi connectivity index (χ1n) is 5.69. The summed E-state index contributed by atoms with van der Waals surface area (Å²) in [5, 5.41) is 29.7. The van der Waals surface area contributed by atoms with Crippen molar-refractivity contribution in [2.24, 2.45) is 11.5 Å². The number of carboxylic acids is 4. The largest absolute Gasteiger partial charge is 1.00 e. The maximum absolute atomic E-state index is 9.00. The van der Waals surface area contributed by atoms with Crippen LogP contribution in [0.4, 0.5) is 0 Å². The van der Waals surface area contributed by atoms with Crippen LogP contribution in [0.2, 0.25) is 0 Å². The monoisotopic (exact) mass is 442 g/mol. The average Bonchev–Trinajstić information content (AvgIpc) is 2.22. The number of carbonyl (C=O) groups is 4. The number of nitrogens with two attached hydrogens (primary N) is 2. The summed E-state index contributed by atoms with van der Waals surface area (Å²) >= 11 is 0. The topological polar surface area (TPSA) is 282 Å². The molecule has 0 bridgehead atoms. The summed E-state index contributed by atoms with van der Waals surface area (Å²) in [5.74, 6) is -3.33. The van der Waals surface area contributed by atoms with Crippen molar-refractivity contribution in [2.45, 2.75) is 27.7 Å². The molecule has 0 amide bonds. The van der Waals surface area contributed by atoms with Gasteiger partial charge >= 0.3 is 59.1 Å². The minimum atomic E-state index is -5.17. The van der Waals surface area contributed by atoms with Gasteiger partial charge in [0.2, 0.25) is 0 Å². The molecule has 0 aromatic heterocycles. The molecule has 0 heterocycles. The van der Waals surface area contributed by atoms with Crippen LogP contribution in [0.5, 0.6) is 0 Å². The van der Waals surface area contributed by atoms with E-state index in [1.807, 2.05) is 0 Å². The molecule has 0 fully saturated rings. The first kappa shape index (κ1) is 50.4. The second-order valence-electron chi connectivity index (χ2n) is 3.06. The molecule has 0 radical (unpaired) electrons. The molecule has 0 saturated carbocycles. The Morgan fingerprint density at radius 2 is 0.704 bits per heavy atom. The Kier molecular flexibility index (Phi) is 75.4. The van der Waals surface area contributed by atoms with Crippen molar-refractivity contribution in [3.05, 3.63) is 0 Å². The smallest absolute Gasteiger partial charge is 0.759 e. The fraction of sp³-hybridized carbons (Fsp3) is 0.600. The standard InChI is InChI=1S/C2H8N2.4C2H4O2.2Na.H2O4S/c3-1-2-4;4*1-2(3)4;;;1-5(2,3)4/h1-4H2;4*1H3,(H,3,4);;;(H2,1,2,3,4)/q;;;;;2*+1;/p-2. The van der Waals surface area contributed by atoms with E-state index < -0.39 is 34.3 Å². The predicted octanol–water partition coefficient (Wildman–Crippen LogP) is -8.06. The average molecular weight is 442 g/mol. The molecule has 17 heteroatoms. The van der Waals surface area contributed by atoms with Gasteiger partial charge in [0.05, 0.1) is 0 Å². The van der Waals surface area contributed by atoms with Crippen LogP contribution in [0.15, 0.2) is 0 Å². The molecule has 0 aliphatic rings. The Morgan fingerprint density at radius 3 is 0.704 bits per heavy atom. The fourth-order valence-corrected chi connectivity index (χ4v) is 0. The first-order chi connectivity index (χ1) is 10.8. The molecule has 0 spiro atoms. The van der Waals surface area contributed by atoms with E-state index in [2.05, 4.69) is 0 Å². The molecule has 0 aliphatic heterocycles. The molecular formula is C10H24N2Na2O12S. The zero-order chi connectivity index (χ0) is 22.2. The Morgan fingerprint density at radius 1 is 0.667 bits per heavy atom. The van der Waals surface area contributed by atoms with Crippen molar-refractivity contribution in [2.75, 3.05) is 13.1 Å². The molecule has 0 atom stereocenters. The molecule has 14 nitrogen and oxygen atoms in total. The van der Waals surface area contributed by atoms with E-state index in [0.717, 1.165) is 27.7 Å². The molecule has 27 heavy (non-hydrogen) atoms. The van der Waals surface area contributed by atoms with Crippen LogP contribution in [0.3, 0.4) is 0 Å². The molecule has 154 valence electrons. The summed E-state index contributed by atoms with van der Waals surface area (Å²) in [6.45, 7) is 5.53. The van der Waals surface area contributed by atoms with Crippen molar-refractivity contribution in [3.63, 3.8) is 0 Å². The van der Waals surface area contributed by atoms with Gasteiger partial charge in [-0.25, -0.2) is 0 Å². The normalized spacial score (nSPS) is 6.96. The third-order valence-electron chi connectivity index (χ3n) is 0.167. The Hall–Kier alpha value is -0.330. The second kappa shape index (κ2) is 40.4. The zero-order valence-corrected chi connectivity index (χ0v) is 20.8. The molecule has 0 rings (SSSR count). The van der Waals surface area contributed by atoms with E-state index in [-0.39, 0.29) is 59.1 Å². The molecular weight excluding hydrogens is 418 g/mol. The third-order valence-corrected chi connectivity index (χ3v) is 0.167. The summed E-state index contributed by atoms with van der Waals surface area (Å²) in [7, 11) is -5.17. The maximum atomic E-state index is 9.00. The Balaban J connectivity index is -0.0000000264. The number of hydrogen-bond donors (Lipinski definition) is 6. The predicted molar refractivity (Wildman–Crippen MR) is 81.8 cm³/mol. The molecule has 0 aromatic carbocycles. The van der Waals surface area contributed by atoms with Gasteiger partial charge in [0, 0.05) is 51.2 Å². The molecule has 0 saturated heterocycles. The van der Waals surface area contributed by atoms with Crippen LogP contribution in [0, 0.1) is 0 Å². The van der Waals surface area contributed by atoms with E-state index in [0.29, 0.717) is 13.1 Å². The summed E-state index contributed by atoms with van der Waals surface area (Å²) in [5.41, 5.74) is 9.81. The second-order valence-corrected chi connectivity index (χ2v) is 3.88. The molecule has 0 aromatic rings. The minimum absolute atomic E-state index is 0. The van der Waals surface area contributed by atoms with Crippen LogP contribution >= 0.6 is 0 Å². The minimum Gasteiger partial charge on any atom is -0.759 e. The van der Waals surface area contributed by atoms with Gasteiger partial charge in [-0.15, -0.1) is 0 Å². The van der Waals surface area contributed by atoms with Gasteiger partial charge in [-0.2, -0.15) is 0 Å². The van der Waals surface area contributed by atoms with Crippen LogP contribution in [-0.2, 0) is 29.6 Å². The Labute approximate surface area is 201 Å². The SMILES string of the molecule is CC(=O)O.CC(=O)O.CC(=O)O.CC(=O)O.NCCN.O=S(=O)([O-])[O-].[Na+].[Na+]. The van der Waals surface area contributed by atoms with Crippen molar-refractivity contribution in [3.8, 4) is 0 Å². The van der Waals surface area contributed by atoms with Gasteiger partial charge in [-0.3, -0.25) is 27.6 Å². The van der Waals surface area contributed by atoms with E-state index in [4.69, 9.17) is 68.6 Å². The van der Waals surface area contributed by atoms with Gasteiger partial charge in [0.1, 0.15) is 0 Å². The molecule has 0 unspecified atom stereocenters. The van der Waals surface area contributed by atoms with Crippen LogP contribution < -0.4 is 70.6 Å². The van der Waals surface area contributed by atoms with Gasteiger partial charge in [-0.1, -0.05) is 0 Å². The van der Waals surface area contributed by atoms with Gasteiger partial charge in [0.15, 0.2) is 0 Å². The fourth-order valence-electron chi connectivity index (χ4n) is 0. The number of hydrogen-bond acceptors (Lipinski definition) is 10. The van der Waals surface area contributed by atoms with E-state index >= 15 is 0 Å². The van der Waals surface area contributed by atoms with Gasteiger partial charge < -0.3 is 41.0 Å². The van der Waals surface area contributed by atoms with Crippen molar-refractivity contribution >= 4 is 34.3 Å². The maximum Gasteiger partial charge on any atom is 1.00 e. The Bertz CT molecular complexity index is 371. The summed E-state index contributed by atoms with van der Waals surface area (Å²) in [6.07, 6.45) is 0. The summed E-state index contributed by atoms with van der Waals surface area (Å²) in [4.78, 5) is 36.0. The summed E-state index contributed by atoms with van der Waals surface area (Å²) in [6, 6.07) is 0. The first-order valence-corrected chi connectivity index (χ1v) is 7.03. The number of rotatable bonds is 1. The van der Waals surface area contributed by atoms with Crippen LogP contribution in [0.25, 0.3) is 0 Å². The number of aliphatic carboxylic acids is 4. The number of carboxylic acid groups (broad SMARTS) is 4. The van der Waals surface area contributed by atoms with Crippen molar-refractivity contribution in [1.82, 2.24) is 0 Å². The molecule has 0 aliphatic carbocycles. The zero-order valence-electron chi connectivity index (χ0n) is 16.0. The van der Waals surface area contributed by atoms with Crippen molar-refractivity contribution in [1.29, 1.82) is 0 Å². The van der Waals surface area contributed by atoms with Crippen LogP contribution in [0.1, 0.15) is 27.7 Å². The summed E-state index contributed by atoms with van der Waals surface area (Å²) < 4.78 is 34.1. The van der Waals surface area contributed by atoms with Crippen LogP contribution in [-0.4, -0.2) is 74.9 Å². The third kappa shape index (κ3) is 32000. The van der Waals surface area contributed by atoms with Gasteiger partial charge in [0.25, 0.3) is 23.9 Å². The van der Waals surface area contributed by atoms with E-state index in [1.54, 1.807) is 0 Å². The van der Waals surface area contributed by atoms with E-state index in [9.17, 15) is 0 Å². The van der Waals surface area contributed by atoms with Gasteiger partial charge in [-0.05, 0) is 0 Å². The molecule has 8 N–H and O–H groups in total. The quantitative estimate of drug-likeness (QED) is 0.125. The van der Waals surface area contributed by atoms with E-state index in [1.165, 1.54) is 0 Å².